The van der Waals surface area contributed by atoms with Crippen molar-refractivity contribution in [3.63, 3.8) is 0 Å². The Hall–Kier alpha value is -3.81. The summed E-state index contributed by atoms with van der Waals surface area (Å²) in [5.41, 5.74) is 3.70. The number of amides is 1. The second kappa shape index (κ2) is 10.6. The van der Waals surface area contributed by atoms with E-state index >= 15 is 0 Å². The summed E-state index contributed by atoms with van der Waals surface area (Å²) in [5, 5.41) is 14.6. The quantitative estimate of drug-likeness (QED) is 0.112. The number of hydrazone groups is 1. The maximum absolute atomic E-state index is 12.4. The minimum absolute atomic E-state index is 0.0526. The summed E-state index contributed by atoms with van der Waals surface area (Å²) in [7, 11) is -4.15. The van der Waals surface area contributed by atoms with E-state index in [1.54, 1.807) is 12.1 Å². The van der Waals surface area contributed by atoms with Crippen molar-refractivity contribution in [1.82, 2.24) is 10.4 Å². The monoisotopic (exact) mass is 528 g/mol. The SMILES string of the molecule is O=C(CSc1nc2ccccc2s1)N/N=C\c1ccc(OS(=O)(=O)c2ccc([N+](=O)[O-])cc2)cc1. The molecular formula is C22H16N4O6S3. The second-order valence-corrected chi connectivity index (χ2v) is 10.7. The molecule has 0 aliphatic rings. The Kier molecular flexibility index (Phi) is 7.39. The van der Waals surface area contributed by atoms with Crippen LogP contribution >= 0.6 is 23.1 Å². The number of nitrogens with zero attached hydrogens (tertiary/aromatic N) is 3. The number of rotatable bonds is 9. The molecule has 35 heavy (non-hydrogen) atoms. The zero-order valence-corrected chi connectivity index (χ0v) is 20.2. The molecule has 0 aliphatic heterocycles. The van der Waals surface area contributed by atoms with E-state index in [9.17, 15) is 23.3 Å². The molecule has 0 spiro atoms. The Balaban J connectivity index is 1.28. The van der Waals surface area contributed by atoms with Crippen molar-refractivity contribution in [2.45, 2.75) is 9.24 Å². The lowest BCUT2D eigenvalue weighted by atomic mass is 10.2. The standard InChI is InChI=1S/C22H16N4O6S3/c27-21(14-33-22-24-19-3-1-2-4-20(19)34-22)25-23-13-15-5-9-17(10-6-15)32-35(30,31)18-11-7-16(8-12-18)26(28)29/h1-13H,14H2,(H,25,27)/b23-13-. The molecule has 0 saturated carbocycles. The number of carbonyl (C=O) groups excluding carboxylic acids is 1. The lowest BCUT2D eigenvalue weighted by Gasteiger charge is -2.07. The predicted octanol–water partition coefficient (Wildman–Crippen LogP) is 4.21. The van der Waals surface area contributed by atoms with Crippen molar-refractivity contribution < 1.29 is 22.3 Å². The number of carbonyl (C=O) groups is 1. The van der Waals surface area contributed by atoms with Gasteiger partial charge in [0.25, 0.3) is 11.6 Å². The fourth-order valence-electron chi connectivity index (χ4n) is 2.77. The van der Waals surface area contributed by atoms with Crippen LogP contribution in [0.1, 0.15) is 5.56 Å². The fourth-order valence-corrected chi connectivity index (χ4v) is 5.56. The van der Waals surface area contributed by atoms with Crippen molar-refractivity contribution in [2.75, 3.05) is 5.75 Å². The zero-order valence-electron chi connectivity index (χ0n) is 17.7. The summed E-state index contributed by atoms with van der Waals surface area (Å²) < 4.78 is 31.6. The Morgan fingerprint density at radius 2 is 1.83 bits per heavy atom. The molecule has 178 valence electrons. The Bertz CT molecular complexity index is 1470. The number of nitro benzene ring substituents is 1. The molecule has 0 saturated heterocycles. The summed E-state index contributed by atoms with van der Waals surface area (Å²) in [6.45, 7) is 0. The van der Waals surface area contributed by atoms with Gasteiger partial charge in [-0.25, -0.2) is 10.4 Å². The molecular weight excluding hydrogens is 512 g/mol. The first kappa shape index (κ1) is 24.3. The van der Waals surface area contributed by atoms with Crippen LogP contribution in [-0.2, 0) is 14.9 Å². The van der Waals surface area contributed by atoms with Gasteiger partial charge in [0.05, 0.1) is 27.1 Å². The van der Waals surface area contributed by atoms with Crippen LogP contribution in [0.4, 0.5) is 5.69 Å². The number of thioether (sulfide) groups is 1. The number of para-hydroxylation sites is 1. The molecule has 0 atom stereocenters. The first-order valence-corrected chi connectivity index (χ1v) is 13.1. The van der Waals surface area contributed by atoms with E-state index in [0.717, 1.165) is 38.8 Å². The van der Waals surface area contributed by atoms with Gasteiger partial charge in [-0.05, 0) is 54.1 Å². The van der Waals surface area contributed by atoms with Gasteiger partial charge in [0.15, 0.2) is 4.34 Å². The molecule has 0 bridgehead atoms. The average molecular weight is 529 g/mol. The molecule has 1 heterocycles. The van der Waals surface area contributed by atoms with Gasteiger partial charge in [-0.1, -0.05) is 23.9 Å². The molecule has 4 aromatic rings. The third kappa shape index (κ3) is 6.41. The number of hydrogen-bond acceptors (Lipinski definition) is 10. The first-order valence-electron chi connectivity index (χ1n) is 9.89. The van der Waals surface area contributed by atoms with Gasteiger partial charge in [-0.2, -0.15) is 13.5 Å². The summed E-state index contributed by atoms with van der Waals surface area (Å²) >= 11 is 2.84. The highest BCUT2D eigenvalue weighted by Gasteiger charge is 2.18. The molecule has 13 heteroatoms. The lowest BCUT2D eigenvalue weighted by molar-refractivity contribution is -0.384. The highest BCUT2D eigenvalue weighted by molar-refractivity contribution is 8.01. The van der Waals surface area contributed by atoms with Crippen molar-refractivity contribution in [2.24, 2.45) is 5.10 Å². The van der Waals surface area contributed by atoms with Crippen LogP contribution in [0.3, 0.4) is 0 Å². The zero-order chi connectivity index (χ0) is 24.8. The molecule has 0 fully saturated rings. The minimum Gasteiger partial charge on any atom is -0.379 e. The van der Waals surface area contributed by atoms with Gasteiger partial charge in [0, 0.05) is 12.1 Å². The first-order chi connectivity index (χ1) is 16.8. The molecule has 1 amide bonds. The van der Waals surface area contributed by atoms with Gasteiger partial charge in [0.2, 0.25) is 0 Å². The van der Waals surface area contributed by atoms with E-state index in [-0.39, 0.29) is 28.0 Å². The van der Waals surface area contributed by atoms with Crippen LogP contribution in [0.2, 0.25) is 0 Å². The number of aromatic nitrogens is 1. The number of hydrogen-bond donors (Lipinski definition) is 1. The third-order valence-corrected chi connectivity index (χ3v) is 7.87. The molecule has 4 rings (SSSR count). The minimum atomic E-state index is -4.15. The third-order valence-electron chi connectivity index (χ3n) is 4.43. The van der Waals surface area contributed by atoms with Crippen LogP contribution in [0, 0.1) is 10.1 Å². The van der Waals surface area contributed by atoms with Crippen molar-refractivity contribution in [3.8, 4) is 5.75 Å². The fraction of sp³-hybridized carbons (Fsp3) is 0.0455. The Morgan fingerprint density at radius 3 is 2.51 bits per heavy atom. The Morgan fingerprint density at radius 1 is 1.11 bits per heavy atom. The maximum Gasteiger partial charge on any atom is 0.339 e. The van der Waals surface area contributed by atoms with Gasteiger partial charge >= 0.3 is 10.1 Å². The number of fused-ring (bicyclic) bond motifs is 1. The van der Waals surface area contributed by atoms with E-state index in [4.69, 9.17) is 4.18 Å². The van der Waals surface area contributed by atoms with Crippen LogP contribution < -0.4 is 9.61 Å². The number of benzene rings is 3. The van der Waals surface area contributed by atoms with Crippen LogP contribution in [0.5, 0.6) is 5.75 Å². The van der Waals surface area contributed by atoms with Crippen molar-refractivity contribution in [3.05, 3.63) is 88.5 Å². The van der Waals surface area contributed by atoms with E-state index in [1.165, 1.54) is 41.4 Å². The second-order valence-electron chi connectivity index (χ2n) is 6.89. The predicted molar refractivity (Wildman–Crippen MR) is 133 cm³/mol. The molecule has 0 radical (unpaired) electrons. The van der Waals surface area contributed by atoms with E-state index in [1.807, 2.05) is 24.3 Å². The normalized spacial score (nSPS) is 11.5. The van der Waals surface area contributed by atoms with E-state index in [2.05, 4.69) is 15.5 Å². The molecule has 3 aromatic carbocycles. The smallest absolute Gasteiger partial charge is 0.339 e. The summed E-state index contributed by atoms with van der Waals surface area (Å²) in [4.78, 5) is 26.4. The highest BCUT2D eigenvalue weighted by atomic mass is 32.2. The van der Waals surface area contributed by atoms with E-state index < -0.39 is 15.0 Å². The average Bonchev–Trinajstić information content (AvgIpc) is 3.27. The molecule has 0 aliphatic carbocycles. The lowest BCUT2D eigenvalue weighted by Crippen LogP contribution is -2.19. The number of non-ortho nitro benzene ring substituents is 1. The summed E-state index contributed by atoms with van der Waals surface area (Å²) in [6, 6.07) is 18.1. The molecule has 1 aromatic heterocycles. The molecule has 1 N–H and O–H groups in total. The van der Waals surface area contributed by atoms with Gasteiger partial charge in [0.1, 0.15) is 10.6 Å². The molecule has 0 unspecified atom stereocenters. The number of thiazole rings is 1. The van der Waals surface area contributed by atoms with Gasteiger partial charge < -0.3 is 4.18 Å². The highest BCUT2D eigenvalue weighted by Crippen LogP contribution is 2.29. The van der Waals surface area contributed by atoms with Gasteiger partial charge in [-0.15, -0.1) is 11.3 Å². The maximum atomic E-state index is 12.4. The number of nitrogens with one attached hydrogen (secondary N) is 1. The summed E-state index contributed by atoms with van der Waals surface area (Å²) in [6.07, 6.45) is 1.41. The van der Waals surface area contributed by atoms with Crippen LogP contribution in [0.25, 0.3) is 10.2 Å². The van der Waals surface area contributed by atoms with E-state index in [0.29, 0.717) is 5.56 Å². The largest absolute Gasteiger partial charge is 0.379 e. The number of nitro groups is 1. The topological polar surface area (TPSA) is 141 Å². The summed E-state index contributed by atoms with van der Waals surface area (Å²) in [5.74, 6) is -0.0822. The van der Waals surface area contributed by atoms with Crippen molar-refractivity contribution >= 4 is 61.2 Å². The van der Waals surface area contributed by atoms with Crippen LogP contribution in [-0.4, -0.2) is 36.2 Å². The Labute approximate surface area is 207 Å². The van der Waals surface area contributed by atoms with Crippen molar-refractivity contribution in [1.29, 1.82) is 0 Å². The van der Waals surface area contributed by atoms with Crippen LogP contribution in [0.15, 0.2) is 87.1 Å². The molecule has 10 nitrogen and oxygen atoms in total. The van der Waals surface area contributed by atoms with Gasteiger partial charge in [-0.3, -0.25) is 14.9 Å².